The fourth-order valence-electron chi connectivity index (χ4n) is 5.08. The molecule has 0 radical (unpaired) electrons. The van der Waals surface area contributed by atoms with Gasteiger partial charge in [0.25, 0.3) is 10.0 Å². The highest BCUT2D eigenvalue weighted by Crippen LogP contribution is 2.27. The average molecular weight is 633 g/mol. The number of rotatable bonds is 12. The number of carbonyl (C=O) groups excluding carboxylic acids is 2. The largest absolute Gasteiger partial charge is 0.497 e. The fraction of sp³-hybridized carbons (Fsp3) is 0.355. The molecule has 3 aromatic rings. The van der Waals surface area contributed by atoms with E-state index in [2.05, 4.69) is 5.32 Å². The molecule has 0 aromatic heterocycles. The molecule has 1 aliphatic carbocycles. The first-order chi connectivity index (χ1) is 20.1. The molecule has 42 heavy (non-hydrogen) atoms. The molecule has 0 saturated heterocycles. The van der Waals surface area contributed by atoms with Crippen molar-refractivity contribution in [3.8, 4) is 5.75 Å². The molecule has 0 spiro atoms. The van der Waals surface area contributed by atoms with Gasteiger partial charge in [-0.05, 0) is 85.5 Å². The molecule has 1 aliphatic rings. The summed E-state index contributed by atoms with van der Waals surface area (Å²) in [4.78, 5) is 29.1. The monoisotopic (exact) mass is 631 g/mol. The van der Waals surface area contributed by atoms with Gasteiger partial charge >= 0.3 is 0 Å². The Morgan fingerprint density at radius 3 is 2.05 bits per heavy atom. The summed E-state index contributed by atoms with van der Waals surface area (Å²) in [6, 6.07) is 18.4. The Morgan fingerprint density at radius 1 is 0.929 bits per heavy atom. The van der Waals surface area contributed by atoms with Crippen molar-refractivity contribution in [1.29, 1.82) is 0 Å². The predicted molar refractivity (Wildman–Crippen MR) is 165 cm³/mol. The lowest BCUT2D eigenvalue weighted by Gasteiger charge is -2.33. The van der Waals surface area contributed by atoms with Gasteiger partial charge in [0.1, 0.15) is 18.3 Å². The summed E-state index contributed by atoms with van der Waals surface area (Å²) in [6.07, 6.45) is 4.25. The molecular formula is C31H35Cl2N3O5S. The SMILES string of the molecule is CC[C@H](C(=O)NC1CCCC1)N(Cc1ccc(Cl)cc1)C(=O)CN(c1ccc(Cl)cc1)S(=O)(=O)c1ccc(OC)cc1. The van der Waals surface area contributed by atoms with Crippen LogP contribution in [0.25, 0.3) is 0 Å². The number of ether oxygens (including phenoxy) is 1. The number of hydrogen-bond acceptors (Lipinski definition) is 5. The van der Waals surface area contributed by atoms with Gasteiger partial charge in [-0.3, -0.25) is 13.9 Å². The van der Waals surface area contributed by atoms with E-state index < -0.39 is 28.5 Å². The Labute approximate surface area is 257 Å². The second kappa shape index (κ2) is 14.3. The third kappa shape index (κ3) is 7.76. The molecule has 0 heterocycles. The highest BCUT2D eigenvalue weighted by Gasteiger charge is 2.34. The van der Waals surface area contributed by atoms with Crippen LogP contribution in [-0.2, 0) is 26.2 Å². The van der Waals surface area contributed by atoms with Gasteiger partial charge in [0, 0.05) is 22.6 Å². The van der Waals surface area contributed by atoms with Crippen molar-refractivity contribution in [3.05, 3.63) is 88.4 Å². The van der Waals surface area contributed by atoms with Crippen LogP contribution in [0.2, 0.25) is 10.0 Å². The molecule has 1 atom stereocenters. The van der Waals surface area contributed by atoms with Crippen LogP contribution < -0.4 is 14.4 Å². The minimum absolute atomic E-state index is 0.0127. The van der Waals surface area contributed by atoms with Gasteiger partial charge in [-0.15, -0.1) is 0 Å². The molecule has 8 nitrogen and oxygen atoms in total. The van der Waals surface area contributed by atoms with Crippen LogP contribution >= 0.6 is 23.2 Å². The number of amides is 2. The van der Waals surface area contributed by atoms with E-state index in [-0.39, 0.29) is 29.1 Å². The van der Waals surface area contributed by atoms with Gasteiger partial charge < -0.3 is 15.0 Å². The number of nitrogens with zero attached hydrogens (tertiary/aromatic N) is 2. The Morgan fingerprint density at radius 2 is 1.50 bits per heavy atom. The molecule has 0 aliphatic heterocycles. The number of anilines is 1. The first-order valence-electron chi connectivity index (χ1n) is 13.9. The molecule has 1 saturated carbocycles. The molecule has 4 rings (SSSR count). The Kier molecular flexibility index (Phi) is 10.8. The first kappa shape index (κ1) is 31.7. The maximum Gasteiger partial charge on any atom is 0.264 e. The summed E-state index contributed by atoms with van der Waals surface area (Å²) in [6.45, 7) is 1.41. The Balaban J connectivity index is 1.70. The Hall–Kier alpha value is -3.27. The highest BCUT2D eigenvalue weighted by atomic mass is 35.5. The van der Waals surface area contributed by atoms with Crippen LogP contribution in [0, 0.1) is 0 Å². The smallest absolute Gasteiger partial charge is 0.264 e. The number of nitrogens with one attached hydrogen (secondary N) is 1. The second-order valence-electron chi connectivity index (χ2n) is 10.2. The number of benzene rings is 3. The molecule has 1 N–H and O–H groups in total. The van der Waals surface area contributed by atoms with Gasteiger partial charge in [0.05, 0.1) is 17.7 Å². The summed E-state index contributed by atoms with van der Waals surface area (Å²) < 4.78 is 34.1. The van der Waals surface area contributed by atoms with Crippen LogP contribution in [-0.4, -0.2) is 50.9 Å². The predicted octanol–water partition coefficient (Wildman–Crippen LogP) is 6.06. The van der Waals surface area contributed by atoms with Gasteiger partial charge in [-0.25, -0.2) is 8.42 Å². The van der Waals surface area contributed by atoms with Crippen LogP contribution in [0.1, 0.15) is 44.6 Å². The summed E-state index contributed by atoms with van der Waals surface area (Å²) in [7, 11) is -2.71. The molecule has 0 unspecified atom stereocenters. The highest BCUT2D eigenvalue weighted by molar-refractivity contribution is 7.92. The van der Waals surface area contributed by atoms with Crippen LogP contribution in [0.4, 0.5) is 5.69 Å². The zero-order valence-electron chi connectivity index (χ0n) is 23.6. The number of methoxy groups -OCH3 is 1. The fourth-order valence-corrected chi connectivity index (χ4v) is 6.75. The van der Waals surface area contributed by atoms with Crippen LogP contribution in [0.3, 0.4) is 0 Å². The minimum atomic E-state index is -4.20. The van der Waals surface area contributed by atoms with Gasteiger partial charge in [-0.1, -0.05) is 55.1 Å². The third-order valence-corrected chi connectivity index (χ3v) is 9.69. The summed E-state index contributed by atoms with van der Waals surface area (Å²) in [5.74, 6) is -0.274. The van der Waals surface area contributed by atoms with E-state index >= 15 is 0 Å². The van der Waals surface area contributed by atoms with Crippen LogP contribution in [0.5, 0.6) is 5.75 Å². The van der Waals surface area contributed by atoms with Crippen molar-refractivity contribution in [3.63, 3.8) is 0 Å². The Bertz CT molecular complexity index is 1460. The van der Waals surface area contributed by atoms with E-state index in [9.17, 15) is 18.0 Å². The molecular weight excluding hydrogens is 597 g/mol. The normalized spacial score (nSPS) is 14.3. The molecule has 1 fully saturated rings. The van der Waals surface area contributed by atoms with E-state index in [4.69, 9.17) is 27.9 Å². The van der Waals surface area contributed by atoms with E-state index in [0.717, 1.165) is 35.6 Å². The van der Waals surface area contributed by atoms with Gasteiger partial charge in [0.15, 0.2) is 0 Å². The van der Waals surface area contributed by atoms with E-state index in [1.54, 1.807) is 60.7 Å². The number of hydrogen-bond donors (Lipinski definition) is 1. The molecule has 3 aromatic carbocycles. The maximum atomic E-state index is 14.2. The number of halogens is 2. The van der Waals surface area contributed by atoms with Crippen molar-refractivity contribution in [2.45, 2.75) is 62.6 Å². The van der Waals surface area contributed by atoms with Gasteiger partial charge in [0.2, 0.25) is 11.8 Å². The molecule has 0 bridgehead atoms. The van der Waals surface area contributed by atoms with Crippen molar-refractivity contribution < 1.29 is 22.7 Å². The minimum Gasteiger partial charge on any atom is -0.497 e. The van der Waals surface area contributed by atoms with Crippen LogP contribution in [0.15, 0.2) is 77.7 Å². The van der Waals surface area contributed by atoms with E-state index in [0.29, 0.717) is 22.2 Å². The zero-order chi connectivity index (χ0) is 30.3. The lowest BCUT2D eigenvalue weighted by atomic mass is 10.1. The van der Waals surface area contributed by atoms with Crippen molar-refractivity contribution in [2.75, 3.05) is 18.0 Å². The number of sulfonamides is 1. The third-order valence-electron chi connectivity index (χ3n) is 7.39. The molecule has 224 valence electrons. The quantitative estimate of drug-likeness (QED) is 0.262. The maximum absolute atomic E-state index is 14.2. The van der Waals surface area contributed by atoms with Crippen molar-refractivity contribution in [2.24, 2.45) is 0 Å². The summed E-state index contributed by atoms with van der Waals surface area (Å²) in [5, 5.41) is 4.07. The second-order valence-corrected chi connectivity index (χ2v) is 13.0. The topological polar surface area (TPSA) is 96.0 Å². The average Bonchev–Trinajstić information content (AvgIpc) is 3.50. The first-order valence-corrected chi connectivity index (χ1v) is 16.1. The summed E-state index contributed by atoms with van der Waals surface area (Å²) >= 11 is 12.2. The summed E-state index contributed by atoms with van der Waals surface area (Å²) in [5.41, 5.74) is 1.02. The lowest BCUT2D eigenvalue weighted by Crippen LogP contribution is -2.53. The van der Waals surface area contributed by atoms with Gasteiger partial charge in [-0.2, -0.15) is 0 Å². The van der Waals surface area contributed by atoms with Crippen molar-refractivity contribution >= 4 is 50.7 Å². The van der Waals surface area contributed by atoms with E-state index in [1.807, 2.05) is 6.92 Å². The molecule has 2 amide bonds. The number of carbonyl (C=O) groups is 2. The standard InChI is InChI=1S/C31H35Cl2N3O5S/c1-3-29(31(38)34-25-6-4-5-7-25)35(20-22-8-10-23(32)11-9-22)30(37)21-36(26-14-12-24(33)13-15-26)42(39,40)28-18-16-27(41-2)17-19-28/h8-19,25,29H,3-7,20-21H2,1-2H3,(H,34,38)/t29-/m1/s1. The molecule has 11 heteroatoms. The van der Waals surface area contributed by atoms with E-state index in [1.165, 1.54) is 24.1 Å². The van der Waals surface area contributed by atoms with Crippen molar-refractivity contribution in [1.82, 2.24) is 10.2 Å². The lowest BCUT2D eigenvalue weighted by molar-refractivity contribution is -0.140. The zero-order valence-corrected chi connectivity index (χ0v) is 26.0.